The maximum Gasteiger partial charge on any atom is 0.407 e. The van der Waals surface area contributed by atoms with Crippen LogP contribution in [0.5, 0.6) is 0 Å². The van der Waals surface area contributed by atoms with E-state index in [2.05, 4.69) is 10.3 Å². The molecule has 7 nitrogen and oxygen atoms in total. The summed E-state index contributed by atoms with van der Waals surface area (Å²) in [7, 11) is 0. The van der Waals surface area contributed by atoms with Crippen LogP contribution in [0.4, 0.5) is 10.5 Å². The van der Waals surface area contributed by atoms with Gasteiger partial charge in [0, 0.05) is 41.3 Å². The minimum atomic E-state index is -0.560. The van der Waals surface area contributed by atoms with Crippen LogP contribution >= 0.6 is 0 Å². The predicted molar refractivity (Wildman–Crippen MR) is 106 cm³/mol. The van der Waals surface area contributed by atoms with Crippen LogP contribution in [-0.4, -0.2) is 17.0 Å². The molecule has 3 aromatic rings. The predicted octanol–water partition coefficient (Wildman–Crippen LogP) is 2.86. The second-order valence-electron chi connectivity index (χ2n) is 6.11. The molecule has 2 aromatic carbocycles. The SMILES string of the molecule is NC(=O)c1ccc(CNC(=O)OCc2cccnc2)c(-c2ccccc2N)c1. The Kier molecular flexibility index (Phi) is 5.86. The third-order valence-corrected chi connectivity index (χ3v) is 4.16. The molecule has 0 saturated heterocycles. The van der Waals surface area contributed by atoms with Gasteiger partial charge in [0.2, 0.25) is 5.91 Å². The second kappa shape index (κ2) is 8.68. The molecule has 0 saturated carbocycles. The molecule has 28 heavy (non-hydrogen) atoms. The summed E-state index contributed by atoms with van der Waals surface area (Å²) >= 11 is 0. The number of pyridine rings is 1. The molecule has 1 aromatic heterocycles. The van der Waals surface area contributed by atoms with E-state index >= 15 is 0 Å². The van der Waals surface area contributed by atoms with Crippen LogP contribution in [0.2, 0.25) is 0 Å². The third-order valence-electron chi connectivity index (χ3n) is 4.16. The number of nitrogen functional groups attached to an aromatic ring is 1. The summed E-state index contributed by atoms with van der Waals surface area (Å²) in [4.78, 5) is 27.6. The molecule has 0 atom stereocenters. The van der Waals surface area contributed by atoms with Gasteiger partial charge < -0.3 is 21.5 Å². The van der Waals surface area contributed by atoms with E-state index in [1.54, 1.807) is 42.7 Å². The van der Waals surface area contributed by atoms with Crippen LogP contribution < -0.4 is 16.8 Å². The van der Waals surface area contributed by atoms with Crippen molar-refractivity contribution < 1.29 is 14.3 Å². The molecule has 7 heteroatoms. The molecule has 0 aliphatic heterocycles. The first-order valence-electron chi connectivity index (χ1n) is 8.61. The number of hydrogen-bond donors (Lipinski definition) is 3. The van der Waals surface area contributed by atoms with Gasteiger partial charge in [0.1, 0.15) is 6.61 Å². The standard InChI is InChI=1S/C21H20N4O3/c22-19-6-2-1-5-17(19)18-10-15(20(23)26)7-8-16(18)12-25-21(27)28-13-14-4-3-9-24-11-14/h1-11H,12-13,22H2,(H2,23,26)(H,25,27). The average Bonchev–Trinajstić information content (AvgIpc) is 2.71. The molecule has 3 rings (SSSR count). The highest BCUT2D eigenvalue weighted by atomic mass is 16.5. The van der Waals surface area contributed by atoms with Gasteiger partial charge in [-0.05, 0) is 35.4 Å². The van der Waals surface area contributed by atoms with Crippen molar-refractivity contribution in [3.8, 4) is 11.1 Å². The molecule has 0 fully saturated rings. The number of primary amides is 1. The lowest BCUT2D eigenvalue weighted by molar-refractivity contribution is 0.1000. The van der Waals surface area contributed by atoms with Crippen molar-refractivity contribution in [1.29, 1.82) is 0 Å². The van der Waals surface area contributed by atoms with E-state index in [0.29, 0.717) is 11.3 Å². The maximum atomic E-state index is 12.0. The highest BCUT2D eigenvalue weighted by molar-refractivity contribution is 5.95. The summed E-state index contributed by atoms with van der Waals surface area (Å²) in [5, 5.41) is 2.71. The highest BCUT2D eigenvalue weighted by Gasteiger charge is 2.13. The van der Waals surface area contributed by atoms with E-state index in [1.165, 1.54) is 0 Å². The lowest BCUT2D eigenvalue weighted by atomic mass is 9.95. The van der Waals surface area contributed by atoms with E-state index < -0.39 is 12.0 Å². The number of nitrogens with two attached hydrogens (primary N) is 2. The van der Waals surface area contributed by atoms with Crippen LogP contribution in [0.3, 0.4) is 0 Å². The number of rotatable bonds is 6. The number of hydrogen-bond acceptors (Lipinski definition) is 5. The van der Waals surface area contributed by atoms with Crippen molar-refractivity contribution in [1.82, 2.24) is 10.3 Å². The summed E-state index contributed by atoms with van der Waals surface area (Å²) < 4.78 is 5.19. The summed E-state index contributed by atoms with van der Waals surface area (Å²) in [5.41, 5.74) is 15.5. The summed E-state index contributed by atoms with van der Waals surface area (Å²) in [5.74, 6) is -0.536. The fourth-order valence-corrected chi connectivity index (χ4v) is 2.73. The van der Waals surface area contributed by atoms with Gasteiger partial charge in [-0.1, -0.05) is 30.3 Å². The number of nitrogens with zero attached hydrogens (tertiary/aromatic N) is 1. The number of alkyl carbamates (subject to hydrolysis) is 1. The molecule has 1 heterocycles. The van der Waals surface area contributed by atoms with Gasteiger partial charge >= 0.3 is 6.09 Å². The fraction of sp³-hybridized carbons (Fsp3) is 0.0952. The Balaban J connectivity index is 1.75. The summed E-state index contributed by atoms with van der Waals surface area (Å²) in [6.07, 6.45) is 2.72. The van der Waals surface area contributed by atoms with E-state index in [4.69, 9.17) is 16.2 Å². The molecule has 0 aliphatic rings. The Morgan fingerprint density at radius 1 is 1.04 bits per heavy atom. The van der Waals surface area contributed by atoms with Gasteiger partial charge in [-0.2, -0.15) is 0 Å². The molecule has 0 radical (unpaired) electrons. The zero-order valence-electron chi connectivity index (χ0n) is 15.1. The number of para-hydroxylation sites is 1. The number of aromatic nitrogens is 1. The topological polar surface area (TPSA) is 120 Å². The first kappa shape index (κ1) is 18.9. The third kappa shape index (κ3) is 4.64. The first-order chi connectivity index (χ1) is 13.5. The van der Waals surface area contributed by atoms with Crippen LogP contribution in [-0.2, 0) is 17.9 Å². The van der Waals surface area contributed by atoms with Crippen LogP contribution in [0.25, 0.3) is 11.1 Å². The van der Waals surface area contributed by atoms with Crippen molar-refractivity contribution in [2.45, 2.75) is 13.2 Å². The van der Waals surface area contributed by atoms with Crippen molar-refractivity contribution in [2.24, 2.45) is 5.73 Å². The number of anilines is 1. The Morgan fingerprint density at radius 2 is 1.86 bits per heavy atom. The van der Waals surface area contributed by atoms with Crippen molar-refractivity contribution in [3.05, 3.63) is 83.7 Å². The number of amides is 2. The summed E-state index contributed by atoms with van der Waals surface area (Å²) in [6, 6.07) is 15.9. The molecule has 2 amide bonds. The number of ether oxygens (including phenoxy) is 1. The van der Waals surface area contributed by atoms with Gasteiger partial charge in [0.15, 0.2) is 0 Å². The minimum Gasteiger partial charge on any atom is -0.445 e. The monoisotopic (exact) mass is 376 g/mol. The number of benzene rings is 2. The van der Waals surface area contributed by atoms with Gasteiger partial charge in [-0.3, -0.25) is 9.78 Å². The van der Waals surface area contributed by atoms with Crippen LogP contribution in [0.1, 0.15) is 21.5 Å². The zero-order valence-corrected chi connectivity index (χ0v) is 15.1. The first-order valence-corrected chi connectivity index (χ1v) is 8.61. The van der Waals surface area contributed by atoms with Gasteiger partial charge in [0.05, 0.1) is 0 Å². The molecule has 142 valence electrons. The van der Waals surface area contributed by atoms with Gasteiger partial charge in [-0.25, -0.2) is 4.79 Å². The number of nitrogens with one attached hydrogen (secondary N) is 1. The van der Waals surface area contributed by atoms with Gasteiger partial charge in [-0.15, -0.1) is 0 Å². The quantitative estimate of drug-likeness (QED) is 0.571. The second-order valence-corrected chi connectivity index (χ2v) is 6.11. The Morgan fingerprint density at radius 3 is 2.57 bits per heavy atom. The lowest BCUT2D eigenvalue weighted by Gasteiger charge is -2.14. The molecular formula is C21H20N4O3. The Labute approximate surface area is 162 Å². The van der Waals surface area contributed by atoms with Crippen LogP contribution in [0, 0.1) is 0 Å². The average molecular weight is 376 g/mol. The smallest absolute Gasteiger partial charge is 0.407 e. The van der Waals surface area contributed by atoms with Crippen LogP contribution in [0.15, 0.2) is 67.0 Å². The zero-order chi connectivity index (χ0) is 19.9. The highest BCUT2D eigenvalue weighted by Crippen LogP contribution is 2.29. The Bertz CT molecular complexity index is 990. The molecule has 5 N–H and O–H groups in total. The van der Waals surface area contributed by atoms with Gasteiger partial charge in [0.25, 0.3) is 0 Å². The Hall–Kier alpha value is -3.87. The fourth-order valence-electron chi connectivity index (χ4n) is 2.73. The number of carbonyl (C=O) groups is 2. The minimum absolute atomic E-state index is 0.124. The van der Waals surface area contributed by atoms with E-state index in [0.717, 1.165) is 22.3 Å². The molecular weight excluding hydrogens is 356 g/mol. The van der Waals surface area contributed by atoms with Crippen molar-refractivity contribution in [2.75, 3.05) is 5.73 Å². The number of carbonyl (C=O) groups excluding carboxylic acids is 2. The largest absolute Gasteiger partial charge is 0.445 e. The molecule has 0 spiro atoms. The maximum absolute atomic E-state index is 12.0. The van der Waals surface area contributed by atoms with E-state index in [1.807, 2.05) is 24.3 Å². The van der Waals surface area contributed by atoms with Crippen molar-refractivity contribution in [3.63, 3.8) is 0 Å². The molecule has 0 aliphatic carbocycles. The summed E-state index contributed by atoms with van der Waals surface area (Å²) in [6.45, 7) is 0.327. The molecule has 0 bridgehead atoms. The van der Waals surface area contributed by atoms with E-state index in [9.17, 15) is 9.59 Å². The normalized spacial score (nSPS) is 10.3. The van der Waals surface area contributed by atoms with Crippen molar-refractivity contribution >= 4 is 17.7 Å². The lowest BCUT2D eigenvalue weighted by Crippen LogP contribution is -2.24. The molecule has 0 unspecified atom stereocenters. The van der Waals surface area contributed by atoms with E-state index in [-0.39, 0.29) is 13.2 Å².